The number of hydrogen-bond acceptors (Lipinski definition) is 8. The van der Waals surface area contributed by atoms with E-state index in [1.54, 1.807) is 6.07 Å². The molecule has 2 aromatic rings. The normalized spacial score (nSPS) is 11.3. The molecule has 0 saturated heterocycles. The molecule has 21 heavy (non-hydrogen) atoms. The van der Waals surface area contributed by atoms with E-state index in [2.05, 4.69) is 15.2 Å². The third-order valence-electron chi connectivity index (χ3n) is 2.43. The molecule has 0 saturated carbocycles. The van der Waals surface area contributed by atoms with E-state index < -0.39 is 10.1 Å². The van der Waals surface area contributed by atoms with Gasteiger partial charge in [-0.05, 0) is 12.0 Å². The van der Waals surface area contributed by atoms with Crippen molar-refractivity contribution in [1.29, 1.82) is 5.26 Å². The van der Waals surface area contributed by atoms with Crippen molar-refractivity contribution in [2.75, 3.05) is 0 Å². The highest BCUT2D eigenvalue weighted by Crippen LogP contribution is 2.20. The van der Waals surface area contributed by atoms with Gasteiger partial charge in [0.1, 0.15) is 16.8 Å². The van der Waals surface area contributed by atoms with E-state index in [1.165, 1.54) is 23.5 Å². The number of thiazole rings is 1. The minimum Gasteiger partial charge on any atom is -0.360 e. The number of nitriles is 1. The summed E-state index contributed by atoms with van der Waals surface area (Å²) in [6.07, 6.45) is 0. The summed E-state index contributed by atoms with van der Waals surface area (Å²) in [6.45, 7) is 3.96. The zero-order valence-electron chi connectivity index (χ0n) is 11.3. The van der Waals surface area contributed by atoms with Crippen molar-refractivity contribution >= 4 is 21.5 Å². The molecule has 9 heteroatoms. The fourth-order valence-corrected chi connectivity index (χ4v) is 3.61. The fourth-order valence-electron chi connectivity index (χ4n) is 1.39. The molecule has 0 radical (unpaired) electrons. The van der Waals surface area contributed by atoms with Crippen LogP contribution in [-0.2, 0) is 15.9 Å². The van der Waals surface area contributed by atoms with Crippen LogP contribution in [0.25, 0.3) is 0 Å². The average molecular weight is 324 g/mol. The van der Waals surface area contributed by atoms with Crippen LogP contribution in [0.1, 0.15) is 36.2 Å². The Morgan fingerprint density at radius 1 is 1.38 bits per heavy atom. The van der Waals surface area contributed by atoms with E-state index in [-0.39, 0.29) is 23.2 Å². The van der Waals surface area contributed by atoms with Gasteiger partial charge in [0, 0.05) is 11.4 Å². The highest BCUT2D eigenvalue weighted by molar-refractivity contribution is 7.86. The largest absolute Gasteiger partial charge is 0.360 e. The molecule has 0 fully saturated rings. The van der Waals surface area contributed by atoms with Crippen LogP contribution in [-0.4, -0.2) is 23.6 Å². The molecule has 0 atom stereocenters. The lowest BCUT2D eigenvalue weighted by atomic mass is 10.2. The van der Waals surface area contributed by atoms with Crippen LogP contribution in [0.3, 0.4) is 0 Å². The number of hydrogen-bond donors (Lipinski definition) is 0. The maximum absolute atomic E-state index is 11.9. The van der Waals surface area contributed by atoms with Crippen LogP contribution in [0.2, 0.25) is 0 Å². The van der Waals surface area contributed by atoms with Crippen LogP contribution in [0.5, 0.6) is 5.88 Å². The summed E-state index contributed by atoms with van der Waals surface area (Å²) in [5.74, 6) is -0.260. The smallest absolute Gasteiger partial charge is 0.317 e. The Kier molecular flexibility index (Phi) is 4.50. The molecule has 7 nitrogen and oxygen atoms in total. The Hall–Kier alpha value is -2.05. The minimum absolute atomic E-state index is 0.0845. The van der Waals surface area contributed by atoms with Gasteiger partial charge in [0.15, 0.2) is 5.69 Å². The van der Waals surface area contributed by atoms with Gasteiger partial charge < -0.3 is 4.18 Å². The number of rotatable bonds is 5. The third kappa shape index (κ3) is 4.21. The van der Waals surface area contributed by atoms with E-state index >= 15 is 0 Å². The number of aromatic nitrogens is 3. The van der Waals surface area contributed by atoms with E-state index in [4.69, 9.17) is 9.44 Å². The Morgan fingerprint density at radius 2 is 2.14 bits per heavy atom. The first-order valence-electron chi connectivity index (χ1n) is 6.00. The summed E-state index contributed by atoms with van der Waals surface area (Å²) >= 11 is 1.27. The van der Waals surface area contributed by atoms with Gasteiger partial charge in [0.05, 0.1) is 5.69 Å². The summed E-state index contributed by atoms with van der Waals surface area (Å²) in [4.78, 5) is 4.24. The molecule has 0 aromatic carbocycles. The zero-order chi connectivity index (χ0) is 15.5. The van der Waals surface area contributed by atoms with Gasteiger partial charge in [-0.3, -0.25) is 0 Å². The SMILES string of the molecule is CC(C)c1csc(CS(=O)(=O)Oc2ccc(C#N)nn2)n1. The lowest BCUT2D eigenvalue weighted by molar-refractivity contribution is 0.470. The molecule has 0 N–H and O–H groups in total. The Labute approximate surface area is 126 Å². The van der Waals surface area contributed by atoms with Crippen molar-refractivity contribution in [3.8, 4) is 11.9 Å². The second-order valence-electron chi connectivity index (χ2n) is 4.47. The summed E-state index contributed by atoms with van der Waals surface area (Å²) in [7, 11) is -3.86. The molecule has 2 heterocycles. The fraction of sp³-hybridized carbons (Fsp3) is 0.333. The van der Waals surface area contributed by atoms with Crippen LogP contribution in [0.4, 0.5) is 0 Å². The molecule has 0 amide bonds. The van der Waals surface area contributed by atoms with Crippen molar-refractivity contribution in [2.24, 2.45) is 0 Å². The van der Waals surface area contributed by atoms with Gasteiger partial charge in [-0.2, -0.15) is 13.7 Å². The Balaban J connectivity index is 2.08. The maximum atomic E-state index is 11.9. The first-order valence-corrected chi connectivity index (χ1v) is 8.45. The lowest BCUT2D eigenvalue weighted by Gasteiger charge is -2.03. The quantitative estimate of drug-likeness (QED) is 0.772. The molecule has 0 aliphatic heterocycles. The van der Waals surface area contributed by atoms with E-state index in [0.717, 1.165) is 5.69 Å². The predicted molar refractivity (Wildman–Crippen MR) is 76.2 cm³/mol. The van der Waals surface area contributed by atoms with Gasteiger partial charge >= 0.3 is 10.1 Å². The van der Waals surface area contributed by atoms with Crippen molar-refractivity contribution in [1.82, 2.24) is 15.2 Å². The predicted octanol–water partition coefficient (Wildman–Crippen LogP) is 1.84. The molecule has 0 bridgehead atoms. The van der Waals surface area contributed by atoms with Crippen LogP contribution in [0.15, 0.2) is 17.5 Å². The molecular formula is C12H12N4O3S2. The second-order valence-corrected chi connectivity index (χ2v) is 6.99. The Morgan fingerprint density at radius 3 is 2.67 bits per heavy atom. The minimum atomic E-state index is -3.86. The number of nitrogens with zero attached hydrogens (tertiary/aromatic N) is 4. The van der Waals surface area contributed by atoms with Gasteiger partial charge in [0.25, 0.3) is 5.88 Å². The topological polar surface area (TPSA) is 106 Å². The first kappa shape index (κ1) is 15.3. The molecule has 0 aliphatic rings. The van der Waals surface area contributed by atoms with E-state index in [1.807, 2.05) is 19.2 Å². The van der Waals surface area contributed by atoms with Gasteiger partial charge in [-0.1, -0.05) is 13.8 Å². The van der Waals surface area contributed by atoms with E-state index in [9.17, 15) is 8.42 Å². The van der Waals surface area contributed by atoms with Crippen molar-refractivity contribution in [3.63, 3.8) is 0 Å². The van der Waals surface area contributed by atoms with Crippen LogP contribution in [0, 0.1) is 11.3 Å². The maximum Gasteiger partial charge on any atom is 0.317 e. The summed E-state index contributed by atoms with van der Waals surface area (Å²) < 4.78 is 28.7. The second kappa shape index (κ2) is 6.15. The van der Waals surface area contributed by atoms with Gasteiger partial charge in [-0.25, -0.2) is 4.98 Å². The van der Waals surface area contributed by atoms with Crippen LogP contribution >= 0.6 is 11.3 Å². The Bertz CT molecular complexity index is 761. The third-order valence-corrected chi connectivity index (χ3v) is 4.53. The van der Waals surface area contributed by atoms with E-state index in [0.29, 0.717) is 5.01 Å². The highest BCUT2D eigenvalue weighted by atomic mass is 32.2. The van der Waals surface area contributed by atoms with Crippen molar-refractivity contribution in [2.45, 2.75) is 25.5 Å². The average Bonchev–Trinajstić information content (AvgIpc) is 2.87. The molecule has 0 spiro atoms. The monoisotopic (exact) mass is 324 g/mol. The standard InChI is InChI=1S/C12H12N4O3S2/c1-8(2)10-6-20-12(14-10)7-21(17,18)19-11-4-3-9(5-13)15-16-11/h3-4,6,8H,7H2,1-2H3. The molecule has 0 aliphatic carbocycles. The molecule has 2 aromatic heterocycles. The van der Waals surface area contributed by atoms with Gasteiger partial charge in [-0.15, -0.1) is 21.5 Å². The molecule has 110 valence electrons. The summed E-state index contributed by atoms with van der Waals surface area (Å²) in [5, 5.41) is 17.9. The van der Waals surface area contributed by atoms with Crippen LogP contribution < -0.4 is 4.18 Å². The molecule has 0 unspecified atom stereocenters. The van der Waals surface area contributed by atoms with Crippen molar-refractivity contribution < 1.29 is 12.6 Å². The first-order chi connectivity index (χ1) is 9.89. The van der Waals surface area contributed by atoms with Crippen molar-refractivity contribution in [3.05, 3.63) is 33.9 Å². The molecular weight excluding hydrogens is 312 g/mol. The molecule has 2 rings (SSSR count). The summed E-state index contributed by atoms with van der Waals surface area (Å²) in [5.41, 5.74) is 0.935. The highest BCUT2D eigenvalue weighted by Gasteiger charge is 2.18. The van der Waals surface area contributed by atoms with Gasteiger partial charge in [0.2, 0.25) is 0 Å². The lowest BCUT2D eigenvalue weighted by Crippen LogP contribution is -2.13. The zero-order valence-corrected chi connectivity index (χ0v) is 13.0. The summed E-state index contributed by atoms with van der Waals surface area (Å²) in [6, 6.07) is 4.40.